The number of unbranched alkanes of at least 4 members (excludes halogenated alkanes) is 4. The van der Waals surface area contributed by atoms with Gasteiger partial charge in [0.1, 0.15) is 6.29 Å². The fourth-order valence-electron chi connectivity index (χ4n) is 0.478. The summed E-state index contributed by atoms with van der Waals surface area (Å²) in [5.41, 5.74) is 0. The molecule has 0 amide bonds. The Morgan fingerprint density at radius 1 is 0.909 bits per heavy atom. The third kappa shape index (κ3) is 26.1. The van der Waals surface area contributed by atoms with E-state index >= 15 is 0 Å². The van der Waals surface area contributed by atoms with E-state index in [1.54, 1.807) is 0 Å². The van der Waals surface area contributed by atoms with Crippen molar-refractivity contribution < 1.29 is 4.79 Å². The number of rotatable bonds is 5. The summed E-state index contributed by atoms with van der Waals surface area (Å²) < 4.78 is 0. The number of aldehydes is 1. The van der Waals surface area contributed by atoms with Gasteiger partial charge in [0.25, 0.3) is 0 Å². The van der Waals surface area contributed by atoms with Gasteiger partial charge in [0.15, 0.2) is 0 Å². The van der Waals surface area contributed by atoms with Crippen LogP contribution >= 0.6 is 0 Å². The van der Waals surface area contributed by atoms with Crippen LogP contribution in [0.3, 0.4) is 0 Å². The summed E-state index contributed by atoms with van der Waals surface area (Å²) in [6, 6.07) is 0. The van der Waals surface area contributed by atoms with Crippen molar-refractivity contribution in [1.82, 2.24) is 0 Å². The minimum absolute atomic E-state index is 0.744. The van der Waals surface area contributed by atoms with Gasteiger partial charge in [0.2, 0.25) is 0 Å². The first-order chi connectivity index (χ1) is 5.33. The van der Waals surface area contributed by atoms with Gasteiger partial charge in [-0.05, 0) is 6.42 Å². The van der Waals surface area contributed by atoms with Crippen LogP contribution in [0.2, 0.25) is 0 Å². The maximum absolute atomic E-state index is 9.68. The van der Waals surface area contributed by atoms with Crippen molar-refractivity contribution in [3.05, 3.63) is 0 Å². The first-order valence-corrected chi connectivity index (χ1v) is 4.77. The van der Waals surface area contributed by atoms with Gasteiger partial charge in [-0.2, -0.15) is 0 Å². The van der Waals surface area contributed by atoms with Crippen molar-refractivity contribution in [3.63, 3.8) is 0 Å². The topological polar surface area (TPSA) is 17.1 Å². The number of carbonyl (C=O) groups is 1. The van der Waals surface area contributed by atoms with Crippen LogP contribution in [-0.4, -0.2) is 6.29 Å². The van der Waals surface area contributed by atoms with Crippen molar-refractivity contribution in [3.8, 4) is 0 Å². The molecular weight excluding hydrogens is 136 g/mol. The Labute approximate surface area is 71.2 Å². The Bertz CT molecular complexity index is 57.9. The lowest BCUT2D eigenvalue weighted by atomic mass is 10.2. The normalized spacial score (nSPS) is 8.27. The van der Waals surface area contributed by atoms with E-state index in [1.807, 2.05) is 0 Å². The Morgan fingerprint density at radius 3 is 1.73 bits per heavy atom. The van der Waals surface area contributed by atoms with Crippen molar-refractivity contribution in [2.45, 2.75) is 59.3 Å². The molecule has 0 heterocycles. The summed E-state index contributed by atoms with van der Waals surface area (Å²) in [4.78, 5) is 9.68. The SMILES string of the molecule is CCCC.CCCCCC=O. The standard InChI is InChI=1S/C6H12O.C4H10/c1-2-3-4-5-6-7;1-3-4-2/h6H,2-5H2,1H3;3-4H2,1-2H3. The van der Waals surface area contributed by atoms with Crippen LogP contribution in [0.4, 0.5) is 0 Å². The first kappa shape index (κ1) is 13.3. The lowest BCUT2D eigenvalue weighted by Gasteiger charge is -1.85. The molecule has 0 rings (SSSR count). The van der Waals surface area contributed by atoms with Gasteiger partial charge >= 0.3 is 0 Å². The zero-order valence-corrected chi connectivity index (χ0v) is 8.23. The molecule has 11 heavy (non-hydrogen) atoms. The van der Waals surface area contributed by atoms with E-state index in [9.17, 15) is 4.79 Å². The molecule has 68 valence electrons. The van der Waals surface area contributed by atoms with Crippen molar-refractivity contribution >= 4 is 6.29 Å². The number of carbonyl (C=O) groups excluding carboxylic acids is 1. The van der Waals surface area contributed by atoms with Crippen LogP contribution < -0.4 is 0 Å². The average molecular weight is 158 g/mol. The summed E-state index contributed by atoms with van der Waals surface area (Å²) in [5, 5.41) is 0. The molecule has 0 fully saturated rings. The molecule has 0 bridgehead atoms. The van der Waals surface area contributed by atoms with Gasteiger partial charge in [-0.15, -0.1) is 0 Å². The Morgan fingerprint density at radius 2 is 1.45 bits per heavy atom. The highest BCUT2D eigenvalue weighted by Crippen LogP contribution is 1.94. The second kappa shape index (κ2) is 16.3. The molecule has 0 radical (unpaired) electrons. The van der Waals surface area contributed by atoms with E-state index in [0.29, 0.717) is 0 Å². The number of hydrogen-bond acceptors (Lipinski definition) is 1. The summed E-state index contributed by atoms with van der Waals surface area (Å²) in [7, 11) is 0. The largest absolute Gasteiger partial charge is 0.303 e. The molecule has 0 aromatic heterocycles. The van der Waals surface area contributed by atoms with Crippen molar-refractivity contribution in [2.24, 2.45) is 0 Å². The zero-order valence-electron chi connectivity index (χ0n) is 8.23. The first-order valence-electron chi connectivity index (χ1n) is 4.77. The third-order valence-corrected chi connectivity index (χ3v) is 1.43. The lowest BCUT2D eigenvalue weighted by molar-refractivity contribution is -0.107. The number of hydrogen-bond donors (Lipinski definition) is 0. The van der Waals surface area contributed by atoms with Crippen LogP contribution in [0.15, 0.2) is 0 Å². The monoisotopic (exact) mass is 158 g/mol. The average Bonchev–Trinajstić information content (AvgIpc) is 2.06. The highest BCUT2D eigenvalue weighted by Gasteiger charge is 1.80. The Hall–Kier alpha value is -0.330. The second-order valence-electron chi connectivity index (χ2n) is 2.66. The molecule has 1 nitrogen and oxygen atoms in total. The van der Waals surface area contributed by atoms with Gasteiger partial charge in [-0.25, -0.2) is 0 Å². The van der Waals surface area contributed by atoms with Gasteiger partial charge in [0, 0.05) is 6.42 Å². The predicted molar refractivity (Wildman–Crippen MR) is 50.8 cm³/mol. The van der Waals surface area contributed by atoms with Gasteiger partial charge in [-0.3, -0.25) is 0 Å². The molecule has 0 aliphatic carbocycles. The minimum Gasteiger partial charge on any atom is -0.303 e. The molecule has 0 aromatic carbocycles. The quantitative estimate of drug-likeness (QED) is 0.441. The van der Waals surface area contributed by atoms with Crippen LogP contribution in [-0.2, 0) is 4.79 Å². The minimum atomic E-state index is 0.744. The van der Waals surface area contributed by atoms with Gasteiger partial charge in [0.05, 0.1) is 0 Å². The molecule has 0 spiro atoms. The van der Waals surface area contributed by atoms with Crippen LogP contribution in [0.25, 0.3) is 0 Å². The van der Waals surface area contributed by atoms with Crippen LogP contribution in [0.1, 0.15) is 59.3 Å². The fourth-order valence-corrected chi connectivity index (χ4v) is 0.478. The van der Waals surface area contributed by atoms with Gasteiger partial charge < -0.3 is 4.79 Å². The van der Waals surface area contributed by atoms with Crippen LogP contribution in [0.5, 0.6) is 0 Å². The van der Waals surface area contributed by atoms with Crippen LogP contribution in [0, 0.1) is 0 Å². The molecule has 0 saturated carbocycles. The molecule has 0 N–H and O–H groups in total. The molecular formula is C10H22O. The van der Waals surface area contributed by atoms with Crippen molar-refractivity contribution in [2.75, 3.05) is 0 Å². The summed E-state index contributed by atoms with van der Waals surface area (Å²) in [6.45, 7) is 6.49. The van der Waals surface area contributed by atoms with E-state index in [-0.39, 0.29) is 0 Å². The lowest BCUT2D eigenvalue weighted by Crippen LogP contribution is -1.73. The molecule has 0 aliphatic heterocycles. The molecule has 0 aliphatic rings. The highest BCUT2D eigenvalue weighted by atomic mass is 16.1. The van der Waals surface area contributed by atoms with E-state index < -0.39 is 0 Å². The van der Waals surface area contributed by atoms with E-state index in [2.05, 4.69) is 20.8 Å². The molecule has 0 aromatic rings. The predicted octanol–water partition coefficient (Wildman–Crippen LogP) is 3.57. The maximum Gasteiger partial charge on any atom is 0.119 e. The molecule has 0 saturated heterocycles. The summed E-state index contributed by atoms with van der Waals surface area (Å²) >= 11 is 0. The molecule has 0 unspecified atom stereocenters. The van der Waals surface area contributed by atoms with Crippen molar-refractivity contribution in [1.29, 1.82) is 0 Å². The summed E-state index contributed by atoms with van der Waals surface area (Å²) in [6.07, 6.45) is 7.83. The highest BCUT2D eigenvalue weighted by molar-refractivity contribution is 5.48. The smallest absolute Gasteiger partial charge is 0.119 e. The summed E-state index contributed by atoms with van der Waals surface area (Å²) in [5.74, 6) is 0. The van der Waals surface area contributed by atoms with E-state index in [4.69, 9.17) is 0 Å². The fraction of sp³-hybridized carbons (Fsp3) is 0.900. The zero-order chi connectivity index (χ0) is 8.95. The van der Waals surface area contributed by atoms with Gasteiger partial charge in [-0.1, -0.05) is 46.5 Å². The van der Waals surface area contributed by atoms with E-state index in [0.717, 1.165) is 19.1 Å². The molecule has 0 atom stereocenters. The Kier molecular flexibility index (Phi) is 19.7. The molecule has 1 heteroatoms. The Balaban J connectivity index is 0. The second-order valence-corrected chi connectivity index (χ2v) is 2.66. The van der Waals surface area contributed by atoms with E-state index in [1.165, 1.54) is 25.7 Å². The third-order valence-electron chi connectivity index (χ3n) is 1.43. The maximum atomic E-state index is 9.68.